The number of hydrogen-bond acceptors (Lipinski definition) is 5. The number of aromatic nitrogens is 1. The summed E-state index contributed by atoms with van der Waals surface area (Å²) in [4.78, 5) is 32.5. The second kappa shape index (κ2) is 7.63. The second-order valence-electron chi connectivity index (χ2n) is 7.95. The lowest BCUT2D eigenvalue weighted by Crippen LogP contribution is -2.47. The van der Waals surface area contributed by atoms with Gasteiger partial charge in [-0.25, -0.2) is 0 Å². The Morgan fingerprint density at radius 3 is 2.48 bits per heavy atom. The number of rotatable bonds is 3. The number of hydrogen-bond donors (Lipinski definition) is 3. The van der Waals surface area contributed by atoms with Crippen LogP contribution < -0.4 is 5.32 Å². The molecule has 4 rings (SSSR count). The predicted molar refractivity (Wildman–Crippen MR) is 116 cm³/mol. The first-order chi connectivity index (χ1) is 14.6. The van der Waals surface area contributed by atoms with E-state index in [9.17, 15) is 22.6 Å². The van der Waals surface area contributed by atoms with Crippen LogP contribution in [0.5, 0.6) is 0 Å². The van der Waals surface area contributed by atoms with Crippen molar-refractivity contribution in [1.82, 2.24) is 14.8 Å². The third-order valence-corrected chi connectivity index (χ3v) is 6.69. The van der Waals surface area contributed by atoms with Crippen LogP contribution in [0.2, 0.25) is 0 Å². The van der Waals surface area contributed by atoms with E-state index in [1.54, 1.807) is 6.08 Å². The summed E-state index contributed by atoms with van der Waals surface area (Å²) in [5, 5.41) is 2.69. The van der Waals surface area contributed by atoms with E-state index in [0.717, 1.165) is 18.7 Å². The fourth-order valence-electron chi connectivity index (χ4n) is 4.02. The number of H-pyrrole nitrogens is 1. The van der Waals surface area contributed by atoms with Gasteiger partial charge in [0.25, 0.3) is 21.9 Å². The Labute approximate surface area is 180 Å². The lowest BCUT2D eigenvalue weighted by atomic mass is 10.0. The van der Waals surface area contributed by atoms with E-state index in [2.05, 4.69) is 15.2 Å². The SMILES string of the molecule is Cc1[nH]c(C=C2C(=O)Nc3ccc(S(=O)(=O)O)cc32)c(C)c1C(=O)N1CCN(C)CC1. The van der Waals surface area contributed by atoms with Crippen molar-refractivity contribution in [1.29, 1.82) is 0 Å². The fraction of sp³-hybridized carbons (Fsp3) is 0.333. The summed E-state index contributed by atoms with van der Waals surface area (Å²) >= 11 is 0. The molecule has 0 spiro atoms. The van der Waals surface area contributed by atoms with Crippen molar-refractivity contribution in [2.75, 3.05) is 38.5 Å². The number of nitrogens with one attached hydrogen (secondary N) is 2. The Morgan fingerprint density at radius 1 is 1.16 bits per heavy atom. The molecule has 3 heterocycles. The van der Waals surface area contributed by atoms with Gasteiger partial charge in [0.2, 0.25) is 0 Å². The molecule has 2 aliphatic rings. The van der Waals surface area contributed by atoms with Gasteiger partial charge in [-0.2, -0.15) is 8.42 Å². The number of nitrogens with zero attached hydrogens (tertiary/aromatic N) is 2. The summed E-state index contributed by atoms with van der Waals surface area (Å²) in [6.07, 6.45) is 1.61. The van der Waals surface area contributed by atoms with E-state index < -0.39 is 10.1 Å². The van der Waals surface area contributed by atoms with E-state index in [1.807, 2.05) is 25.8 Å². The molecule has 1 saturated heterocycles. The number of likely N-dealkylation sites (N-methyl/N-ethyl adjacent to an activating group) is 1. The van der Waals surface area contributed by atoms with Crippen molar-refractivity contribution in [3.8, 4) is 0 Å². The van der Waals surface area contributed by atoms with Crippen LogP contribution in [-0.2, 0) is 14.9 Å². The van der Waals surface area contributed by atoms with E-state index in [4.69, 9.17) is 0 Å². The van der Waals surface area contributed by atoms with E-state index >= 15 is 0 Å². The van der Waals surface area contributed by atoms with Crippen LogP contribution in [0.1, 0.15) is 32.9 Å². The molecule has 10 heteroatoms. The molecule has 0 atom stereocenters. The van der Waals surface area contributed by atoms with Gasteiger partial charge in [0, 0.05) is 48.8 Å². The number of amides is 2. The van der Waals surface area contributed by atoms with Crippen molar-refractivity contribution in [2.24, 2.45) is 0 Å². The molecule has 0 radical (unpaired) electrons. The van der Waals surface area contributed by atoms with Gasteiger partial charge in [0.05, 0.1) is 16.0 Å². The predicted octanol–water partition coefficient (Wildman–Crippen LogP) is 1.76. The molecule has 2 amide bonds. The van der Waals surface area contributed by atoms with E-state index in [0.29, 0.717) is 41.3 Å². The lowest BCUT2D eigenvalue weighted by molar-refractivity contribution is -0.110. The van der Waals surface area contributed by atoms with Gasteiger partial charge in [0.15, 0.2) is 0 Å². The summed E-state index contributed by atoms with van der Waals surface area (Å²) in [6.45, 7) is 6.59. The number of aryl methyl sites for hydroxylation is 1. The van der Waals surface area contributed by atoms with Crippen molar-refractivity contribution >= 4 is 39.3 Å². The average Bonchev–Trinajstić information content (AvgIpc) is 3.16. The third-order valence-electron chi connectivity index (χ3n) is 5.84. The molecular weight excluding hydrogens is 420 g/mol. The molecular formula is C21H24N4O5S. The topological polar surface area (TPSA) is 123 Å². The van der Waals surface area contributed by atoms with Gasteiger partial charge in [-0.15, -0.1) is 0 Å². The normalized spacial score (nSPS) is 18.4. The van der Waals surface area contributed by atoms with Crippen LogP contribution in [0, 0.1) is 13.8 Å². The molecule has 2 aliphatic heterocycles. The largest absolute Gasteiger partial charge is 0.358 e. The summed E-state index contributed by atoms with van der Waals surface area (Å²) in [6, 6.07) is 3.93. The minimum Gasteiger partial charge on any atom is -0.358 e. The quantitative estimate of drug-likeness (QED) is 0.490. The molecule has 1 fully saturated rings. The minimum absolute atomic E-state index is 0.0473. The zero-order chi connectivity index (χ0) is 22.5. The van der Waals surface area contributed by atoms with E-state index in [1.165, 1.54) is 18.2 Å². The lowest BCUT2D eigenvalue weighted by Gasteiger charge is -2.32. The van der Waals surface area contributed by atoms with E-state index in [-0.39, 0.29) is 22.3 Å². The van der Waals surface area contributed by atoms with Gasteiger partial charge >= 0.3 is 0 Å². The summed E-state index contributed by atoms with van der Waals surface area (Å²) in [5.41, 5.74) is 3.70. The minimum atomic E-state index is -4.40. The molecule has 31 heavy (non-hydrogen) atoms. The van der Waals surface area contributed by atoms with Crippen molar-refractivity contribution in [2.45, 2.75) is 18.7 Å². The molecule has 9 nitrogen and oxygen atoms in total. The first-order valence-electron chi connectivity index (χ1n) is 9.88. The third kappa shape index (κ3) is 3.89. The summed E-state index contributed by atoms with van der Waals surface area (Å²) < 4.78 is 32.4. The highest BCUT2D eigenvalue weighted by Gasteiger charge is 2.29. The maximum Gasteiger partial charge on any atom is 0.294 e. The maximum absolute atomic E-state index is 13.1. The van der Waals surface area contributed by atoms with Crippen LogP contribution in [0.4, 0.5) is 5.69 Å². The van der Waals surface area contributed by atoms with Crippen molar-refractivity contribution < 1.29 is 22.6 Å². The number of carbonyl (C=O) groups excluding carboxylic acids is 2. The molecule has 0 saturated carbocycles. The Bertz CT molecular complexity index is 1220. The van der Waals surface area contributed by atoms with Crippen molar-refractivity contribution in [3.05, 3.63) is 46.3 Å². The average molecular weight is 445 g/mol. The molecule has 1 aromatic carbocycles. The molecule has 1 aromatic heterocycles. The number of fused-ring (bicyclic) bond motifs is 1. The highest BCUT2D eigenvalue weighted by molar-refractivity contribution is 7.85. The van der Waals surface area contributed by atoms with Gasteiger partial charge in [-0.05, 0) is 50.7 Å². The maximum atomic E-state index is 13.1. The molecule has 3 N–H and O–H groups in total. The first-order valence-corrected chi connectivity index (χ1v) is 11.3. The summed E-state index contributed by atoms with van der Waals surface area (Å²) in [7, 11) is -2.38. The standard InChI is InChI=1S/C21H24N4O5S/c1-12-18(22-13(2)19(12)21(27)25-8-6-24(3)7-9-25)11-16-15-10-14(31(28,29)30)4-5-17(15)23-20(16)26/h4-5,10-11,22H,6-9H2,1-3H3,(H,23,26)(H,28,29,30). The fourth-order valence-corrected chi connectivity index (χ4v) is 4.53. The van der Waals surface area contributed by atoms with Crippen LogP contribution in [0.25, 0.3) is 11.6 Å². The van der Waals surface area contributed by atoms with Gasteiger partial charge in [-0.1, -0.05) is 0 Å². The van der Waals surface area contributed by atoms with Gasteiger partial charge in [0.1, 0.15) is 0 Å². The number of anilines is 1. The monoisotopic (exact) mass is 444 g/mol. The molecule has 0 unspecified atom stereocenters. The summed E-state index contributed by atoms with van der Waals surface area (Å²) in [5.74, 6) is -0.435. The first kappa shape index (κ1) is 21.3. The highest BCUT2D eigenvalue weighted by Crippen LogP contribution is 2.35. The van der Waals surface area contributed by atoms with Crippen molar-refractivity contribution in [3.63, 3.8) is 0 Å². The molecule has 0 bridgehead atoms. The van der Waals surface area contributed by atoms with Gasteiger partial charge < -0.3 is 20.1 Å². The van der Waals surface area contributed by atoms with Crippen LogP contribution >= 0.6 is 0 Å². The Kier molecular flexibility index (Phi) is 5.24. The zero-order valence-corrected chi connectivity index (χ0v) is 18.3. The zero-order valence-electron chi connectivity index (χ0n) is 17.5. The Balaban J connectivity index is 1.72. The smallest absolute Gasteiger partial charge is 0.294 e. The molecule has 164 valence electrons. The number of piperazine rings is 1. The number of aromatic amines is 1. The Hall–Kier alpha value is -2.95. The Morgan fingerprint density at radius 2 is 1.84 bits per heavy atom. The number of benzene rings is 1. The molecule has 2 aromatic rings. The second-order valence-corrected chi connectivity index (χ2v) is 9.38. The molecule has 0 aliphatic carbocycles. The van der Waals surface area contributed by atoms with Crippen LogP contribution in [0.3, 0.4) is 0 Å². The highest BCUT2D eigenvalue weighted by atomic mass is 32.2. The van der Waals surface area contributed by atoms with Crippen LogP contribution in [-0.4, -0.2) is 72.8 Å². The van der Waals surface area contributed by atoms with Gasteiger partial charge in [-0.3, -0.25) is 14.1 Å². The number of carbonyl (C=O) groups is 2. The van der Waals surface area contributed by atoms with Crippen LogP contribution in [0.15, 0.2) is 23.1 Å².